The van der Waals surface area contributed by atoms with Crippen molar-refractivity contribution in [3.8, 4) is 11.5 Å². The summed E-state index contributed by atoms with van der Waals surface area (Å²) in [5.41, 5.74) is 1.11. The lowest BCUT2D eigenvalue weighted by atomic mass is 10.2. The molecule has 0 saturated carbocycles. The number of benzene rings is 2. The highest BCUT2D eigenvalue weighted by Crippen LogP contribution is 2.25. The fourth-order valence-electron chi connectivity index (χ4n) is 1.97. The van der Waals surface area contributed by atoms with Crippen LogP contribution in [0, 0.1) is 6.92 Å². The number of hydrogen-bond donors (Lipinski definition) is 1. The second kappa shape index (κ2) is 6.02. The van der Waals surface area contributed by atoms with Crippen LogP contribution in [0.1, 0.15) is 5.82 Å². The molecule has 0 aliphatic carbocycles. The summed E-state index contributed by atoms with van der Waals surface area (Å²) < 4.78 is 32.2. The molecule has 8 heteroatoms. The zero-order valence-electron chi connectivity index (χ0n) is 12.0. The summed E-state index contributed by atoms with van der Waals surface area (Å²) in [6.07, 6.45) is 0. The minimum Gasteiger partial charge on any atom is -0.334 e. The van der Waals surface area contributed by atoms with Crippen LogP contribution in [-0.4, -0.2) is 18.6 Å². The van der Waals surface area contributed by atoms with Gasteiger partial charge in [-0.15, -0.1) is 0 Å². The molecule has 1 aromatic heterocycles. The predicted molar refractivity (Wildman–Crippen MR) is 86.7 cm³/mol. The van der Waals surface area contributed by atoms with Crippen molar-refractivity contribution in [2.75, 3.05) is 4.72 Å². The molecule has 3 rings (SSSR count). The van der Waals surface area contributed by atoms with Crippen molar-refractivity contribution < 1.29 is 12.9 Å². The third-order valence-electron chi connectivity index (χ3n) is 3.04. The standard InChI is InChI=1S/C15H12ClN3O3S/c1-10-17-15(22-18-10)11-6-8-12(9-7-11)19-23(20,21)14-5-3-2-4-13(14)16/h2-9,19H,1H3. The van der Waals surface area contributed by atoms with E-state index in [1.807, 2.05) is 0 Å². The summed E-state index contributed by atoms with van der Waals surface area (Å²) in [6, 6.07) is 12.9. The molecule has 0 aliphatic heterocycles. The van der Waals surface area contributed by atoms with Crippen LogP contribution in [0.2, 0.25) is 5.02 Å². The van der Waals surface area contributed by atoms with Crippen molar-refractivity contribution in [2.45, 2.75) is 11.8 Å². The molecule has 23 heavy (non-hydrogen) atoms. The Kier molecular flexibility index (Phi) is 4.06. The van der Waals surface area contributed by atoms with Crippen LogP contribution in [0.4, 0.5) is 5.69 Å². The molecule has 0 saturated heterocycles. The molecule has 1 N–H and O–H groups in total. The Morgan fingerprint density at radius 2 is 1.78 bits per heavy atom. The number of aryl methyl sites for hydroxylation is 1. The van der Waals surface area contributed by atoms with Crippen LogP contribution in [0.3, 0.4) is 0 Å². The molecule has 0 aliphatic rings. The average Bonchev–Trinajstić information content (AvgIpc) is 2.94. The van der Waals surface area contributed by atoms with E-state index in [-0.39, 0.29) is 9.92 Å². The van der Waals surface area contributed by atoms with E-state index in [1.54, 1.807) is 43.3 Å². The van der Waals surface area contributed by atoms with Crippen LogP contribution in [0.15, 0.2) is 57.9 Å². The molecule has 1 heterocycles. The molecule has 0 amide bonds. The van der Waals surface area contributed by atoms with Crippen LogP contribution < -0.4 is 4.72 Å². The van der Waals surface area contributed by atoms with E-state index in [0.29, 0.717) is 23.0 Å². The van der Waals surface area contributed by atoms with Crippen LogP contribution >= 0.6 is 11.6 Å². The number of rotatable bonds is 4. The lowest BCUT2D eigenvalue weighted by Crippen LogP contribution is -2.13. The number of anilines is 1. The molecule has 0 bridgehead atoms. The average molecular weight is 350 g/mol. The maximum atomic E-state index is 12.3. The Bertz CT molecular complexity index is 937. The molecular formula is C15H12ClN3O3S. The topological polar surface area (TPSA) is 85.1 Å². The number of halogens is 1. The summed E-state index contributed by atoms with van der Waals surface area (Å²) in [5, 5.41) is 3.88. The second-order valence-electron chi connectivity index (χ2n) is 4.76. The van der Waals surface area contributed by atoms with E-state index in [9.17, 15) is 8.42 Å². The SMILES string of the molecule is Cc1noc(-c2ccc(NS(=O)(=O)c3ccccc3Cl)cc2)n1. The smallest absolute Gasteiger partial charge is 0.263 e. The molecule has 0 atom stereocenters. The summed E-state index contributed by atoms with van der Waals surface area (Å²) in [7, 11) is -3.75. The molecule has 0 radical (unpaired) electrons. The maximum absolute atomic E-state index is 12.3. The number of sulfonamides is 1. The van der Waals surface area contributed by atoms with Crippen molar-refractivity contribution in [2.24, 2.45) is 0 Å². The minimum absolute atomic E-state index is 0.0262. The van der Waals surface area contributed by atoms with Gasteiger partial charge in [0.15, 0.2) is 5.82 Å². The highest BCUT2D eigenvalue weighted by atomic mass is 35.5. The van der Waals surface area contributed by atoms with Crippen molar-refractivity contribution in [1.29, 1.82) is 0 Å². The minimum atomic E-state index is -3.75. The van der Waals surface area contributed by atoms with Gasteiger partial charge in [-0.25, -0.2) is 8.42 Å². The number of nitrogens with one attached hydrogen (secondary N) is 1. The molecule has 6 nitrogen and oxygen atoms in total. The highest BCUT2D eigenvalue weighted by molar-refractivity contribution is 7.92. The highest BCUT2D eigenvalue weighted by Gasteiger charge is 2.17. The van der Waals surface area contributed by atoms with Gasteiger partial charge in [0.1, 0.15) is 4.90 Å². The van der Waals surface area contributed by atoms with Crippen LogP contribution in [0.25, 0.3) is 11.5 Å². The Morgan fingerprint density at radius 1 is 1.09 bits per heavy atom. The number of hydrogen-bond acceptors (Lipinski definition) is 5. The van der Waals surface area contributed by atoms with Gasteiger partial charge in [0.25, 0.3) is 15.9 Å². The van der Waals surface area contributed by atoms with E-state index in [2.05, 4.69) is 14.9 Å². The Hall–Kier alpha value is -2.38. The van der Waals surface area contributed by atoms with E-state index < -0.39 is 10.0 Å². The van der Waals surface area contributed by atoms with Crippen LogP contribution in [-0.2, 0) is 10.0 Å². The molecule has 118 valence electrons. The zero-order chi connectivity index (χ0) is 16.4. The lowest BCUT2D eigenvalue weighted by molar-refractivity contribution is 0.425. The van der Waals surface area contributed by atoms with Crippen LogP contribution in [0.5, 0.6) is 0 Å². The molecule has 0 spiro atoms. The Balaban J connectivity index is 1.85. The van der Waals surface area contributed by atoms with Gasteiger partial charge in [0, 0.05) is 11.3 Å². The molecule has 0 unspecified atom stereocenters. The summed E-state index contributed by atoms with van der Waals surface area (Å²) >= 11 is 5.94. The van der Waals surface area contributed by atoms with Crippen molar-refractivity contribution >= 4 is 27.3 Å². The van der Waals surface area contributed by atoms with Gasteiger partial charge in [-0.2, -0.15) is 4.98 Å². The largest absolute Gasteiger partial charge is 0.334 e. The summed E-state index contributed by atoms with van der Waals surface area (Å²) in [6.45, 7) is 1.72. The summed E-state index contributed by atoms with van der Waals surface area (Å²) in [5.74, 6) is 0.909. The third kappa shape index (κ3) is 3.35. The van der Waals surface area contributed by atoms with E-state index >= 15 is 0 Å². The normalized spacial score (nSPS) is 11.4. The first-order valence-electron chi connectivity index (χ1n) is 6.64. The lowest BCUT2D eigenvalue weighted by Gasteiger charge is -2.09. The van der Waals surface area contributed by atoms with E-state index in [4.69, 9.17) is 16.1 Å². The fourth-order valence-corrected chi connectivity index (χ4v) is 3.55. The fraction of sp³-hybridized carbons (Fsp3) is 0.0667. The van der Waals surface area contributed by atoms with Gasteiger partial charge in [0.2, 0.25) is 0 Å². The Labute approximate surface area is 138 Å². The third-order valence-corrected chi connectivity index (χ3v) is 4.92. The predicted octanol–water partition coefficient (Wildman–Crippen LogP) is 3.50. The maximum Gasteiger partial charge on any atom is 0.263 e. The van der Waals surface area contributed by atoms with Gasteiger partial charge in [0.05, 0.1) is 5.02 Å². The second-order valence-corrected chi connectivity index (χ2v) is 6.82. The van der Waals surface area contributed by atoms with E-state index in [0.717, 1.165) is 0 Å². The molecule has 3 aromatic rings. The Morgan fingerprint density at radius 3 is 2.39 bits per heavy atom. The number of aromatic nitrogens is 2. The number of nitrogens with zero attached hydrogens (tertiary/aromatic N) is 2. The first-order chi connectivity index (χ1) is 11.0. The zero-order valence-corrected chi connectivity index (χ0v) is 13.6. The molecule has 2 aromatic carbocycles. The quantitative estimate of drug-likeness (QED) is 0.779. The van der Waals surface area contributed by atoms with Gasteiger partial charge < -0.3 is 4.52 Å². The molecule has 0 fully saturated rings. The first-order valence-corrected chi connectivity index (χ1v) is 8.50. The van der Waals surface area contributed by atoms with Gasteiger partial charge in [-0.3, -0.25) is 4.72 Å². The van der Waals surface area contributed by atoms with Gasteiger partial charge in [-0.05, 0) is 43.3 Å². The van der Waals surface area contributed by atoms with Crippen molar-refractivity contribution in [3.05, 3.63) is 59.4 Å². The van der Waals surface area contributed by atoms with Gasteiger partial charge in [-0.1, -0.05) is 28.9 Å². The van der Waals surface area contributed by atoms with Gasteiger partial charge >= 0.3 is 0 Å². The van der Waals surface area contributed by atoms with Crippen molar-refractivity contribution in [1.82, 2.24) is 10.1 Å². The first kappa shape index (κ1) is 15.5. The van der Waals surface area contributed by atoms with Crippen molar-refractivity contribution in [3.63, 3.8) is 0 Å². The monoisotopic (exact) mass is 349 g/mol. The summed E-state index contributed by atoms with van der Waals surface area (Å²) in [4.78, 5) is 4.14. The van der Waals surface area contributed by atoms with E-state index in [1.165, 1.54) is 12.1 Å². The molecular weight excluding hydrogens is 338 g/mol.